The summed E-state index contributed by atoms with van der Waals surface area (Å²) in [6.45, 7) is 5.16. The fraction of sp³-hybridized carbons (Fsp3) is 0.667. The molecule has 0 fully saturated rings. The van der Waals surface area contributed by atoms with E-state index in [0.29, 0.717) is 0 Å². The molecule has 0 aromatic carbocycles. The second kappa shape index (κ2) is 5.59. The molecule has 4 nitrogen and oxygen atoms in total. The molecule has 0 saturated heterocycles. The van der Waals surface area contributed by atoms with Crippen molar-refractivity contribution >= 4 is 5.95 Å². The maximum absolute atomic E-state index is 4.16. The van der Waals surface area contributed by atoms with Gasteiger partial charge in [-0.25, -0.2) is 4.98 Å². The van der Waals surface area contributed by atoms with Gasteiger partial charge in [0.2, 0.25) is 5.95 Å². The maximum Gasteiger partial charge on any atom is 0.202 e. The van der Waals surface area contributed by atoms with Crippen LogP contribution >= 0.6 is 0 Å². The third-order valence-corrected chi connectivity index (χ3v) is 1.83. The van der Waals surface area contributed by atoms with Crippen LogP contribution in [0, 0.1) is 0 Å². The molecule has 0 unspecified atom stereocenters. The predicted octanol–water partition coefficient (Wildman–Crippen LogP) is 0.832. The summed E-state index contributed by atoms with van der Waals surface area (Å²) in [6.07, 6.45) is 4.91. The molecule has 0 saturated carbocycles. The highest BCUT2D eigenvalue weighted by molar-refractivity contribution is 5.24. The van der Waals surface area contributed by atoms with E-state index >= 15 is 0 Å². The van der Waals surface area contributed by atoms with Crippen molar-refractivity contribution in [3.63, 3.8) is 0 Å². The first-order valence-electron chi connectivity index (χ1n) is 4.76. The summed E-state index contributed by atoms with van der Waals surface area (Å²) in [5.41, 5.74) is 0. The number of hydrogen-bond donors (Lipinski definition) is 2. The molecule has 74 valence electrons. The quantitative estimate of drug-likeness (QED) is 0.640. The van der Waals surface area contributed by atoms with Gasteiger partial charge in [-0.3, -0.25) is 0 Å². The molecule has 1 aromatic heterocycles. The molecule has 1 aromatic rings. The molecular formula is C9H18N4. The lowest BCUT2D eigenvalue weighted by atomic mass is 10.5. The van der Waals surface area contributed by atoms with E-state index in [4.69, 9.17) is 0 Å². The number of aromatic nitrogens is 2. The van der Waals surface area contributed by atoms with Crippen molar-refractivity contribution in [1.82, 2.24) is 14.9 Å². The molecule has 1 heterocycles. The third kappa shape index (κ3) is 3.46. The van der Waals surface area contributed by atoms with Gasteiger partial charge in [0, 0.05) is 32.5 Å². The van der Waals surface area contributed by atoms with Gasteiger partial charge in [0.25, 0.3) is 0 Å². The average Bonchev–Trinajstić information content (AvgIpc) is 2.52. The summed E-state index contributed by atoms with van der Waals surface area (Å²) in [5.74, 6) is 0.929. The second-order valence-electron chi connectivity index (χ2n) is 3.04. The molecule has 0 aliphatic heterocycles. The Morgan fingerprint density at radius 2 is 2.23 bits per heavy atom. The summed E-state index contributed by atoms with van der Waals surface area (Å²) >= 11 is 0. The first-order valence-corrected chi connectivity index (χ1v) is 4.76. The lowest BCUT2D eigenvalue weighted by Crippen LogP contribution is -2.23. The smallest absolute Gasteiger partial charge is 0.202 e. The molecule has 0 amide bonds. The van der Waals surface area contributed by atoms with Gasteiger partial charge in [-0.2, -0.15) is 0 Å². The fourth-order valence-corrected chi connectivity index (χ4v) is 1.10. The third-order valence-electron chi connectivity index (χ3n) is 1.83. The zero-order valence-electron chi connectivity index (χ0n) is 8.38. The molecule has 1 rings (SSSR count). The predicted molar refractivity (Wildman–Crippen MR) is 54.9 cm³/mol. The van der Waals surface area contributed by atoms with Crippen LogP contribution in [0.4, 0.5) is 5.95 Å². The van der Waals surface area contributed by atoms with E-state index in [2.05, 4.69) is 22.5 Å². The van der Waals surface area contributed by atoms with Crippen LogP contribution in [-0.2, 0) is 7.05 Å². The molecular weight excluding hydrogens is 164 g/mol. The highest BCUT2D eigenvalue weighted by atomic mass is 15.2. The summed E-state index contributed by atoms with van der Waals surface area (Å²) in [5, 5.41) is 6.56. The minimum Gasteiger partial charge on any atom is -0.354 e. The number of rotatable bonds is 6. The van der Waals surface area contributed by atoms with Crippen LogP contribution in [0.25, 0.3) is 0 Å². The molecule has 2 N–H and O–H groups in total. The van der Waals surface area contributed by atoms with Crippen molar-refractivity contribution in [2.45, 2.75) is 13.3 Å². The first kappa shape index (κ1) is 10.1. The number of nitrogens with zero attached hydrogens (tertiary/aromatic N) is 2. The Morgan fingerprint density at radius 3 is 2.85 bits per heavy atom. The van der Waals surface area contributed by atoms with Gasteiger partial charge in [0.15, 0.2) is 0 Å². The molecule has 4 heteroatoms. The zero-order valence-corrected chi connectivity index (χ0v) is 8.38. The van der Waals surface area contributed by atoms with E-state index in [1.807, 2.05) is 17.8 Å². The lowest BCUT2D eigenvalue weighted by molar-refractivity contribution is 0.684. The molecule has 0 bridgehead atoms. The van der Waals surface area contributed by atoms with Crippen molar-refractivity contribution in [1.29, 1.82) is 0 Å². The Kier molecular flexibility index (Phi) is 4.32. The minimum atomic E-state index is 0.921. The summed E-state index contributed by atoms with van der Waals surface area (Å²) in [6, 6.07) is 0. The molecule has 0 atom stereocenters. The van der Waals surface area contributed by atoms with E-state index in [9.17, 15) is 0 Å². The molecule has 0 aliphatic rings. The maximum atomic E-state index is 4.16. The van der Waals surface area contributed by atoms with Gasteiger partial charge in [0.05, 0.1) is 0 Å². The van der Waals surface area contributed by atoms with Gasteiger partial charge >= 0.3 is 0 Å². The number of anilines is 1. The summed E-state index contributed by atoms with van der Waals surface area (Å²) in [7, 11) is 1.98. The van der Waals surface area contributed by atoms with E-state index in [-0.39, 0.29) is 0 Å². The Morgan fingerprint density at radius 1 is 1.38 bits per heavy atom. The van der Waals surface area contributed by atoms with Crippen LogP contribution in [0.15, 0.2) is 12.4 Å². The molecule has 13 heavy (non-hydrogen) atoms. The van der Waals surface area contributed by atoms with Crippen molar-refractivity contribution in [3.05, 3.63) is 12.4 Å². The number of imidazole rings is 1. The van der Waals surface area contributed by atoms with Crippen LogP contribution in [0.2, 0.25) is 0 Å². The SMILES string of the molecule is CCCNCCNc1nccn1C. The van der Waals surface area contributed by atoms with Crippen molar-refractivity contribution in [2.75, 3.05) is 25.0 Å². The van der Waals surface area contributed by atoms with Gasteiger partial charge in [-0.1, -0.05) is 6.92 Å². The summed E-state index contributed by atoms with van der Waals surface area (Å²) in [4.78, 5) is 4.16. The van der Waals surface area contributed by atoms with Gasteiger partial charge in [-0.15, -0.1) is 0 Å². The van der Waals surface area contributed by atoms with Crippen LogP contribution < -0.4 is 10.6 Å². The van der Waals surface area contributed by atoms with E-state index < -0.39 is 0 Å². The highest BCUT2D eigenvalue weighted by Crippen LogP contribution is 1.98. The van der Waals surface area contributed by atoms with Gasteiger partial charge in [0.1, 0.15) is 0 Å². The van der Waals surface area contributed by atoms with Crippen LogP contribution in [0.1, 0.15) is 13.3 Å². The monoisotopic (exact) mass is 182 g/mol. The normalized spacial score (nSPS) is 10.3. The highest BCUT2D eigenvalue weighted by Gasteiger charge is 1.95. The Bertz CT molecular complexity index is 231. The van der Waals surface area contributed by atoms with Crippen LogP contribution in [0.3, 0.4) is 0 Å². The zero-order chi connectivity index (χ0) is 9.52. The second-order valence-corrected chi connectivity index (χ2v) is 3.04. The molecule has 0 radical (unpaired) electrons. The Labute approximate surface area is 79.4 Å². The largest absolute Gasteiger partial charge is 0.354 e. The van der Waals surface area contributed by atoms with Gasteiger partial charge in [-0.05, 0) is 13.0 Å². The molecule has 0 aliphatic carbocycles. The van der Waals surface area contributed by atoms with Crippen LogP contribution in [0.5, 0.6) is 0 Å². The first-order chi connectivity index (χ1) is 6.34. The molecule has 0 spiro atoms. The standard InChI is InChI=1S/C9H18N4/c1-3-4-10-5-6-11-9-12-7-8-13(9)2/h7-8,10H,3-6H2,1-2H3,(H,11,12). The number of nitrogens with one attached hydrogen (secondary N) is 2. The van der Waals surface area contributed by atoms with Crippen LogP contribution in [-0.4, -0.2) is 29.2 Å². The minimum absolute atomic E-state index is 0.921. The van der Waals surface area contributed by atoms with E-state index in [1.54, 1.807) is 6.20 Å². The average molecular weight is 182 g/mol. The number of hydrogen-bond acceptors (Lipinski definition) is 3. The van der Waals surface area contributed by atoms with Gasteiger partial charge < -0.3 is 15.2 Å². The topological polar surface area (TPSA) is 41.9 Å². The van der Waals surface area contributed by atoms with Crippen molar-refractivity contribution < 1.29 is 0 Å². The van der Waals surface area contributed by atoms with E-state index in [0.717, 1.165) is 25.6 Å². The fourth-order valence-electron chi connectivity index (χ4n) is 1.10. The lowest BCUT2D eigenvalue weighted by Gasteiger charge is -2.06. The van der Waals surface area contributed by atoms with Crippen molar-refractivity contribution in [2.24, 2.45) is 7.05 Å². The number of aryl methyl sites for hydroxylation is 1. The summed E-state index contributed by atoms with van der Waals surface area (Å²) < 4.78 is 1.97. The Balaban J connectivity index is 2.10. The van der Waals surface area contributed by atoms with E-state index in [1.165, 1.54) is 6.42 Å². The van der Waals surface area contributed by atoms with Crippen molar-refractivity contribution in [3.8, 4) is 0 Å². The Hall–Kier alpha value is -1.03.